The van der Waals surface area contributed by atoms with Gasteiger partial charge in [-0.2, -0.15) is 0 Å². The molecule has 0 saturated heterocycles. The van der Waals surface area contributed by atoms with Crippen LogP contribution in [0.2, 0.25) is 0 Å². The van der Waals surface area contributed by atoms with Crippen molar-refractivity contribution in [2.75, 3.05) is 18.8 Å². The predicted molar refractivity (Wildman–Crippen MR) is 65.4 cm³/mol. The fraction of sp³-hybridized carbons (Fsp3) is 0.364. The minimum absolute atomic E-state index is 0.236. The summed E-state index contributed by atoms with van der Waals surface area (Å²) in [6.07, 6.45) is 2.88. The third-order valence-corrected chi connectivity index (χ3v) is 2.90. The first-order valence-electron chi connectivity index (χ1n) is 5.21. The molecule has 0 spiro atoms. The summed E-state index contributed by atoms with van der Waals surface area (Å²) in [5.74, 6) is -0.236. The van der Waals surface area contributed by atoms with E-state index in [1.54, 1.807) is 6.33 Å². The molecular formula is C11H14N2O3S. The van der Waals surface area contributed by atoms with Crippen molar-refractivity contribution in [3.8, 4) is 0 Å². The van der Waals surface area contributed by atoms with Gasteiger partial charge in [-0.05, 0) is 12.1 Å². The maximum absolute atomic E-state index is 10.9. The fourth-order valence-electron chi connectivity index (χ4n) is 1.56. The van der Waals surface area contributed by atoms with Crippen LogP contribution in [0.3, 0.4) is 0 Å². The van der Waals surface area contributed by atoms with E-state index in [2.05, 4.69) is 4.98 Å². The van der Waals surface area contributed by atoms with Crippen molar-refractivity contribution in [1.82, 2.24) is 9.55 Å². The summed E-state index contributed by atoms with van der Waals surface area (Å²) in [4.78, 5) is 4.24. The van der Waals surface area contributed by atoms with Crippen LogP contribution in [0.5, 0.6) is 0 Å². The molecule has 0 atom stereocenters. The van der Waals surface area contributed by atoms with Gasteiger partial charge in [0.2, 0.25) is 0 Å². The molecule has 1 heterocycles. The SMILES string of the molecule is CS(=O)(=O)COCCn1cnc2ccccc21. The fourth-order valence-corrected chi connectivity index (χ4v) is 1.98. The van der Waals surface area contributed by atoms with E-state index in [-0.39, 0.29) is 5.94 Å². The Balaban J connectivity index is 1.96. The van der Waals surface area contributed by atoms with Crippen molar-refractivity contribution in [2.24, 2.45) is 0 Å². The van der Waals surface area contributed by atoms with Crippen LogP contribution in [0, 0.1) is 0 Å². The molecular weight excluding hydrogens is 240 g/mol. The number of benzene rings is 1. The van der Waals surface area contributed by atoms with Crippen LogP contribution >= 0.6 is 0 Å². The highest BCUT2D eigenvalue weighted by atomic mass is 32.2. The smallest absolute Gasteiger partial charge is 0.171 e. The maximum Gasteiger partial charge on any atom is 0.171 e. The molecule has 0 saturated carbocycles. The van der Waals surface area contributed by atoms with Gasteiger partial charge < -0.3 is 9.30 Å². The molecule has 0 fully saturated rings. The quantitative estimate of drug-likeness (QED) is 0.748. The molecule has 2 rings (SSSR count). The number of imidazole rings is 1. The minimum atomic E-state index is -3.05. The molecule has 0 radical (unpaired) electrons. The van der Waals surface area contributed by atoms with Crippen LogP contribution in [-0.4, -0.2) is 36.8 Å². The zero-order valence-corrected chi connectivity index (χ0v) is 10.4. The second-order valence-corrected chi connectivity index (χ2v) is 5.97. The summed E-state index contributed by atoms with van der Waals surface area (Å²) in [7, 11) is -3.05. The van der Waals surface area contributed by atoms with E-state index >= 15 is 0 Å². The number of aromatic nitrogens is 2. The van der Waals surface area contributed by atoms with Gasteiger partial charge in [-0.3, -0.25) is 0 Å². The monoisotopic (exact) mass is 254 g/mol. The Labute approximate surface area is 100.0 Å². The predicted octanol–water partition coefficient (Wildman–Crippen LogP) is 1.05. The van der Waals surface area contributed by atoms with E-state index in [0.29, 0.717) is 13.2 Å². The lowest BCUT2D eigenvalue weighted by Gasteiger charge is -2.04. The minimum Gasteiger partial charge on any atom is -0.364 e. The number of rotatable bonds is 5. The van der Waals surface area contributed by atoms with Crippen molar-refractivity contribution in [1.29, 1.82) is 0 Å². The zero-order chi connectivity index (χ0) is 12.3. The van der Waals surface area contributed by atoms with Gasteiger partial charge in [0.05, 0.1) is 24.0 Å². The molecule has 5 nitrogen and oxygen atoms in total. The number of para-hydroxylation sites is 2. The molecule has 92 valence electrons. The van der Waals surface area contributed by atoms with Gasteiger partial charge in [0.1, 0.15) is 5.94 Å². The molecule has 6 heteroatoms. The highest BCUT2D eigenvalue weighted by Gasteiger charge is 2.03. The van der Waals surface area contributed by atoms with Gasteiger partial charge in [0.25, 0.3) is 0 Å². The Hall–Kier alpha value is -1.40. The van der Waals surface area contributed by atoms with Gasteiger partial charge in [0, 0.05) is 12.8 Å². The highest BCUT2D eigenvalue weighted by Crippen LogP contribution is 2.11. The van der Waals surface area contributed by atoms with Gasteiger partial charge in [-0.15, -0.1) is 0 Å². The summed E-state index contributed by atoms with van der Waals surface area (Å²) >= 11 is 0. The van der Waals surface area contributed by atoms with Crippen molar-refractivity contribution < 1.29 is 13.2 Å². The first-order valence-corrected chi connectivity index (χ1v) is 7.28. The summed E-state index contributed by atoms with van der Waals surface area (Å²) in [5, 5.41) is 0. The summed E-state index contributed by atoms with van der Waals surface area (Å²) in [5.41, 5.74) is 1.95. The van der Waals surface area contributed by atoms with Gasteiger partial charge in [-0.1, -0.05) is 12.1 Å². The van der Waals surface area contributed by atoms with Crippen molar-refractivity contribution >= 4 is 20.9 Å². The zero-order valence-electron chi connectivity index (χ0n) is 9.54. The number of hydrogen-bond donors (Lipinski definition) is 0. The number of nitrogens with zero attached hydrogens (tertiary/aromatic N) is 2. The first-order chi connectivity index (χ1) is 8.06. The topological polar surface area (TPSA) is 61.2 Å². The lowest BCUT2D eigenvalue weighted by molar-refractivity contribution is 0.168. The third-order valence-electron chi connectivity index (χ3n) is 2.30. The van der Waals surface area contributed by atoms with Crippen LogP contribution in [0.25, 0.3) is 11.0 Å². The van der Waals surface area contributed by atoms with E-state index in [9.17, 15) is 8.42 Å². The first kappa shape index (κ1) is 12.1. The second-order valence-electron chi connectivity index (χ2n) is 3.88. The Morgan fingerprint density at radius 1 is 1.35 bits per heavy atom. The number of sulfone groups is 1. The highest BCUT2D eigenvalue weighted by molar-refractivity contribution is 7.90. The summed E-state index contributed by atoms with van der Waals surface area (Å²) in [6, 6.07) is 7.78. The lowest BCUT2D eigenvalue weighted by atomic mass is 10.3. The van der Waals surface area contributed by atoms with Crippen LogP contribution in [0.4, 0.5) is 0 Å². The maximum atomic E-state index is 10.9. The average molecular weight is 254 g/mol. The number of ether oxygens (including phenoxy) is 1. The van der Waals surface area contributed by atoms with Crippen molar-refractivity contribution in [2.45, 2.75) is 6.54 Å². The van der Waals surface area contributed by atoms with E-state index in [4.69, 9.17) is 4.74 Å². The largest absolute Gasteiger partial charge is 0.364 e. The molecule has 2 aromatic rings. The van der Waals surface area contributed by atoms with Crippen LogP contribution in [0.15, 0.2) is 30.6 Å². The second kappa shape index (κ2) is 4.85. The molecule has 0 aliphatic carbocycles. The Bertz CT molecular complexity index is 604. The number of hydrogen-bond acceptors (Lipinski definition) is 4. The molecule has 1 aromatic carbocycles. The number of fused-ring (bicyclic) bond motifs is 1. The molecule has 0 N–H and O–H groups in total. The van der Waals surface area contributed by atoms with Gasteiger partial charge >= 0.3 is 0 Å². The molecule has 0 unspecified atom stereocenters. The molecule has 0 amide bonds. The van der Waals surface area contributed by atoms with Gasteiger partial charge in [0.15, 0.2) is 9.84 Å². The third kappa shape index (κ3) is 3.28. The van der Waals surface area contributed by atoms with E-state index in [1.807, 2.05) is 28.8 Å². The normalized spacial score (nSPS) is 12.1. The van der Waals surface area contributed by atoms with E-state index < -0.39 is 9.84 Å². The molecule has 0 aliphatic rings. The van der Waals surface area contributed by atoms with Gasteiger partial charge in [-0.25, -0.2) is 13.4 Å². The molecule has 17 heavy (non-hydrogen) atoms. The Morgan fingerprint density at radius 3 is 2.88 bits per heavy atom. The molecule has 1 aromatic heterocycles. The molecule has 0 bridgehead atoms. The lowest BCUT2D eigenvalue weighted by Crippen LogP contribution is -2.11. The molecule has 0 aliphatic heterocycles. The average Bonchev–Trinajstić information content (AvgIpc) is 2.67. The van der Waals surface area contributed by atoms with Crippen LogP contribution < -0.4 is 0 Å². The standard InChI is InChI=1S/C11H14N2O3S/c1-17(14,15)9-16-7-6-13-8-12-10-4-2-3-5-11(10)13/h2-5,8H,6-7,9H2,1H3. The summed E-state index contributed by atoms with van der Waals surface area (Å²) < 4.78 is 28.7. The van der Waals surface area contributed by atoms with Crippen molar-refractivity contribution in [3.05, 3.63) is 30.6 Å². The van der Waals surface area contributed by atoms with Crippen LogP contribution in [0.1, 0.15) is 0 Å². The van der Waals surface area contributed by atoms with E-state index in [1.165, 1.54) is 0 Å². The Morgan fingerprint density at radius 2 is 2.12 bits per heavy atom. The Kier molecular flexibility index (Phi) is 3.44. The van der Waals surface area contributed by atoms with E-state index in [0.717, 1.165) is 17.3 Å². The van der Waals surface area contributed by atoms with Crippen molar-refractivity contribution in [3.63, 3.8) is 0 Å². The van der Waals surface area contributed by atoms with Crippen LogP contribution in [-0.2, 0) is 21.1 Å². The summed E-state index contributed by atoms with van der Waals surface area (Å²) in [6.45, 7) is 0.948.